The van der Waals surface area contributed by atoms with Gasteiger partial charge in [0.05, 0.1) is 12.6 Å². The first-order valence-electron chi connectivity index (χ1n) is 6.96. The molecule has 0 spiro atoms. The number of fused-ring (bicyclic) bond motifs is 1. The Morgan fingerprint density at radius 3 is 2.85 bits per heavy atom. The van der Waals surface area contributed by atoms with Crippen LogP contribution in [0.2, 0.25) is 0 Å². The van der Waals surface area contributed by atoms with Gasteiger partial charge in [0.2, 0.25) is 0 Å². The van der Waals surface area contributed by atoms with E-state index in [2.05, 4.69) is 23.6 Å². The normalized spacial score (nSPS) is 30.8. The second kappa shape index (κ2) is 5.38. The third-order valence-corrected chi connectivity index (χ3v) is 4.06. The Balaban J connectivity index is 1.78. The maximum atomic E-state index is 11.6. The zero-order valence-corrected chi connectivity index (χ0v) is 11.4. The van der Waals surface area contributed by atoms with Crippen molar-refractivity contribution in [1.82, 2.24) is 4.90 Å². The Labute approximate surface area is 118 Å². The molecule has 1 saturated carbocycles. The van der Waals surface area contributed by atoms with E-state index in [-0.39, 0.29) is 24.3 Å². The molecule has 0 radical (unpaired) electrons. The van der Waals surface area contributed by atoms with E-state index in [0.717, 1.165) is 6.54 Å². The Morgan fingerprint density at radius 1 is 1.35 bits per heavy atom. The maximum absolute atomic E-state index is 11.6. The average Bonchev–Trinajstić information content (AvgIpc) is 2.42. The minimum Gasteiger partial charge on any atom is -0.492 e. The van der Waals surface area contributed by atoms with E-state index in [0.29, 0.717) is 18.7 Å². The highest BCUT2D eigenvalue weighted by Crippen LogP contribution is 2.31. The van der Waals surface area contributed by atoms with E-state index < -0.39 is 6.10 Å². The predicted octanol–water partition coefficient (Wildman–Crippen LogP) is 1.49. The van der Waals surface area contributed by atoms with E-state index in [1.165, 1.54) is 5.56 Å². The molecule has 106 valence electrons. The van der Waals surface area contributed by atoms with Crippen molar-refractivity contribution in [2.75, 3.05) is 6.54 Å². The minimum atomic E-state index is -0.857. The van der Waals surface area contributed by atoms with Crippen LogP contribution < -0.4 is 0 Å². The summed E-state index contributed by atoms with van der Waals surface area (Å²) in [6, 6.07) is 10.3. The van der Waals surface area contributed by atoms with Crippen molar-refractivity contribution in [2.45, 2.75) is 37.6 Å². The lowest BCUT2D eigenvalue weighted by Gasteiger charge is -2.45. The number of morpholine rings is 1. The minimum absolute atomic E-state index is 0.0772. The number of aliphatic hydroxyl groups is 1. The van der Waals surface area contributed by atoms with Gasteiger partial charge in [0.1, 0.15) is 18.0 Å². The van der Waals surface area contributed by atoms with Gasteiger partial charge in [0, 0.05) is 13.0 Å². The van der Waals surface area contributed by atoms with Crippen LogP contribution in [0, 0.1) is 0 Å². The monoisotopic (exact) mass is 273 g/mol. The summed E-state index contributed by atoms with van der Waals surface area (Å²) in [5, 5.41) is 9.81. The number of benzene rings is 1. The molecule has 3 unspecified atom stereocenters. The highest BCUT2D eigenvalue weighted by Gasteiger charge is 2.42. The molecule has 1 aliphatic heterocycles. The number of carbonyl (C=O) groups excluding carboxylic acids is 1. The molecular weight excluding hydrogens is 254 g/mol. The fraction of sp³-hybridized carbons (Fsp3) is 0.438. The molecule has 1 aliphatic carbocycles. The third-order valence-electron chi connectivity index (χ3n) is 4.06. The van der Waals surface area contributed by atoms with Crippen LogP contribution in [0.4, 0.5) is 0 Å². The van der Waals surface area contributed by atoms with Crippen LogP contribution in [0.15, 0.2) is 42.7 Å². The molecule has 0 aromatic heterocycles. The number of carbonyl (C=O) groups is 1. The van der Waals surface area contributed by atoms with Gasteiger partial charge in [-0.05, 0) is 12.0 Å². The van der Waals surface area contributed by atoms with Crippen molar-refractivity contribution in [3.05, 3.63) is 48.2 Å². The van der Waals surface area contributed by atoms with Crippen LogP contribution in [0.1, 0.15) is 18.4 Å². The zero-order chi connectivity index (χ0) is 14.1. The standard InChI is InChI=1S/C16H19NO3/c1-11-9-17(10-12-5-3-2-4-6-12)13-7-14(18)15(19)8-16(13)20-11/h2-6,13-14,16,18H,1,7-10H2. The van der Waals surface area contributed by atoms with E-state index in [4.69, 9.17) is 4.74 Å². The van der Waals surface area contributed by atoms with E-state index in [1.807, 2.05) is 18.2 Å². The van der Waals surface area contributed by atoms with E-state index >= 15 is 0 Å². The highest BCUT2D eigenvalue weighted by molar-refractivity contribution is 5.84. The summed E-state index contributed by atoms with van der Waals surface area (Å²) >= 11 is 0. The third kappa shape index (κ3) is 2.62. The molecule has 1 N–H and O–H groups in total. The van der Waals surface area contributed by atoms with Crippen LogP contribution >= 0.6 is 0 Å². The van der Waals surface area contributed by atoms with Crippen LogP contribution in [0.25, 0.3) is 0 Å². The SMILES string of the molecule is C=C1CN(Cc2ccccc2)C2CC(O)C(=O)CC2O1. The summed E-state index contributed by atoms with van der Waals surface area (Å²) in [5.41, 5.74) is 1.22. The van der Waals surface area contributed by atoms with Gasteiger partial charge in [-0.3, -0.25) is 9.69 Å². The van der Waals surface area contributed by atoms with E-state index in [9.17, 15) is 9.90 Å². The number of ketones is 1. The lowest BCUT2D eigenvalue weighted by atomic mass is 9.86. The number of hydrogen-bond donors (Lipinski definition) is 1. The number of nitrogens with zero attached hydrogens (tertiary/aromatic N) is 1. The van der Waals surface area contributed by atoms with Gasteiger partial charge in [0.25, 0.3) is 0 Å². The van der Waals surface area contributed by atoms with Crippen molar-refractivity contribution in [1.29, 1.82) is 0 Å². The topological polar surface area (TPSA) is 49.8 Å². The van der Waals surface area contributed by atoms with Crippen LogP contribution in [0.3, 0.4) is 0 Å². The van der Waals surface area contributed by atoms with E-state index in [1.54, 1.807) is 0 Å². The molecule has 1 aromatic rings. The lowest BCUT2D eigenvalue weighted by molar-refractivity contribution is -0.142. The van der Waals surface area contributed by atoms with Crippen molar-refractivity contribution in [3.8, 4) is 0 Å². The highest BCUT2D eigenvalue weighted by atomic mass is 16.5. The maximum Gasteiger partial charge on any atom is 0.165 e. The van der Waals surface area contributed by atoms with Gasteiger partial charge in [-0.15, -0.1) is 0 Å². The van der Waals surface area contributed by atoms with Gasteiger partial charge in [-0.2, -0.15) is 0 Å². The summed E-state index contributed by atoms with van der Waals surface area (Å²) in [6.45, 7) is 5.34. The molecule has 1 heterocycles. The first-order chi connectivity index (χ1) is 9.63. The number of aliphatic hydroxyl groups excluding tert-OH is 1. The molecular formula is C16H19NO3. The Bertz CT molecular complexity index is 514. The number of ether oxygens (including phenoxy) is 1. The van der Waals surface area contributed by atoms with Crippen molar-refractivity contribution in [2.24, 2.45) is 0 Å². The van der Waals surface area contributed by atoms with Crippen molar-refractivity contribution in [3.63, 3.8) is 0 Å². The molecule has 4 heteroatoms. The lowest BCUT2D eigenvalue weighted by Crippen LogP contribution is -2.55. The molecule has 20 heavy (non-hydrogen) atoms. The number of rotatable bonds is 2. The van der Waals surface area contributed by atoms with Crippen LogP contribution in [0.5, 0.6) is 0 Å². The molecule has 3 rings (SSSR count). The molecule has 1 saturated heterocycles. The van der Waals surface area contributed by atoms with Gasteiger partial charge < -0.3 is 9.84 Å². The van der Waals surface area contributed by atoms with Gasteiger partial charge >= 0.3 is 0 Å². The summed E-state index contributed by atoms with van der Waals surface area (Å²) in [4.78, 5) is 13.9. The second-order valence-electron chi connectivity index (χ2n) is 5.57. The predicted molar refractivity (Wildman–Crippen MR) is 74.9 cm³/mol. The number of hydrogen-bond acceptors (Lipinski definition) is 4. The average molecular weight is 273 g/mol. The van der Waals surface area contributed by atoms with Gasteiger partial charge in [0.15, 0.2) is 5.78 Å². The smallest absolute Gasteiger partial charge is 0.165 e. The quantitative estimate of drug-likeness (QED) is 0.887. The number of Topliss-reactive ketones (excluding diaryl/α,β-unsaturated/α-hetero) is 1. The largest absolute Gasteiger partial charge is 0.492 e. The first-order valence-corrected chi connectivity index (χ1v) is 6.96. The molecule has 4 nitrogen and oxygen atoms in total. The van der Waals surface area contributed by atoms with Gasteiger partial charge in [-0.25, -0.2) is 0 Å². The van der Waals surface area contributed by atoms with Crippen LogP contribution in [-0.2, 0) is 16.1 Å². The molecule has 1 aromatic carbocycles. The molecule has 0 bridgehead atoms. The Morgan fingerprint density at radius 2 is 2.10 bits per heavy atom. The Kier molecular flexibility index (Phi) is 3.59. The first kappa shape index (κ1) is 13.3. The Hall–Kier alpha value is -1.65. The molecule has 2 aliphatic rings. The fourth-order valence-corrected chi connectivity index (χ4v) is 3.07. The second-order valence-corrected chi connectivity index (χ2v) is 5.57. The van der Waals surface area contributed by atoms with Crippen LogP contribution in [-0.4, -0.2) is 40.6 Å². The summed E-state index contributed by atoms with van der Waals surface area (Å²) in [6.07, 6.45) is -0.305. The van der Waals surface area contributed by atoms with Crippen molar-refractivity contribution >= 4 is 5.78 Å². The fourth-order valence-electron chi connectivity index (χ4n) is 3.07. The van der Waals surface area contributed by atoms with Gasteiger partial charge in [-0.1, -0.05) is 36.9 Å². The zero-order valence-electron chi connectivity index (χ0n) is 11.4. The molecule has 3 atom stereocenters. The molecule has 2 fully saturated rings. The summed E-state index contributed by atoms with van der Waals surface area (Å²) < 4.78 is 5.71. The molecule has 0 amide bonds. The summed E-state index contributed by atoms with van der Waals surface area (Å²) in [5.74, 6) is 0.576. The van der Waals surface area contributed by atoms with Crippen molar-refractivity contribution < 1.29 is 14.6 Å². The summed E-state index contributed by atoms with van der Waals surface area (Å²) in [7, 11) is 0.